The second-order valence-electron chi connectivity index (χ2n) is 4.81. The van der Waals surface area contributed by atoms with Crippen molar-refractivity contribution in [2.24, 2.45) is 0 Å². The van der Waals surface area contributed by atoms with Gasteiger partial charge >= 0.3 is 0 Å². The van der Waals surface area contributed by atoms with Crippen LogP contribution in [-0.2, 0) is 11.3 Å². The molecule has 128 valence electrons. The summed E-state index contributed by atoms with van der Waals surface area (Å²) in [6.45, 7) is 0.180. The molecule has 0 radical (unpaired) electrons. The zero-order valence-electron chi connectivity index (χ0n) is 13.3. The molecule has 0 heterocycles. The molecule has 1 amide bonds. The van der Waals surface area contributed by atoms with Gasteiger partial charge in [0.1, 0.15) is 10.8 Å². The van der Waals surface area contributed by atoms with Gasteiger partial charge in [-0.25, -0.2) is 0 Å². The fourth-order valence-electron chi connectivity index (χ4n) is 1.98. The van der Waals surface area contributed by atoms with Crippen molar-refractivity contribution in [3.63, 3.8) is 0 Å². The molecule has 2 aromatic rings. The van der Waals surface area contributed by atoms with Crippen molar-refractivity contribution in [1.82, 2.24) is 5.32 Å². The van der Waals surface area contributed by atoms with E-state index < -0.39 is 0 Å². The molecule has 24 heavy (non-hydrogen) atoms. The Labute approximate surface area is 150 Å². The standard InChI is InChI=1S/C17H17Cl2NO4/c1-22-13-7-6-11(8-15(13)23-2)9-20-16(21)10-24-14-5-3-4-12(18)17(14)19/h3-8H,9-10H2,1-2H3,(H,20,21). The number of benzene rings is 2. The fraction of sp³-hybridized carbons (Fsp3) is 0.235. The highest BCUT2D eigenvalue weighted by molar-refractivity contribution is 6.42. The van der Waals surface area contributed by atoms with Gasteiger partial charge in [0, 0.05) is 6.54 Å². The number of ether oxygens (including phenoxy) is 3. The van der Waals surface area contributed by atoms with E-state index in [4.69, 9.17) is 37.4 Å². The molecule has 0 unspecified atom stereocenters. The van der Waals surface area contributed by atoms with Gasteiger partial charge in [-0.15, -0.1) is 0 Å². The lowest BCUT2D eigenvalue weighted by Crippen LogP contribution is -2.28. The van der Waals surface area contributed by atoms with Crippen molar-refractivity contribution in [3.8, 4) is 17.2 Å². The van der Waals surface area contributed by atoms with Crippen LogP contribution in [0.1, 0.15) is 5.56 Å². The molecular formula is C17H17Cl2NO4. The Kier molecular flexibility index (Phi) is 6.58. The molecule has 2 rings (SSSR count). The van der Waals surface area contributed by atoms with Crippen molar-refractivity contribution in [2.45, 2.75) is 6.54 Å². The molecule has 0 aromatic heterocycles. The van der Waals surface area contributed by atoms with Gasteiger partial charge in [0.05, 0.1) is 19.2 Å². The Morgan fingerprint density at radius 3 is 2.50 bits per heavy atom. The molecule has 7 heteroatoms. The van der Waals surface area contributed by atoms with E-state index in [1.165, 1.54) is 0 Å². The number of hydrogen-bond acceptors (Lipinski definition) is 4. The number of hydrogen-bond donors (Lipinski definition) is 1. The second-order valence-corrected chi connectivity index (χ2v) is 5.59. The first-order valence-electron chi connectivity index (χ1n) is 7.09. The van der Waals surface area contributed by atoms with E-state index in [1.807, 2.05) is 6.07 Å². The van der Waals surface area contributed by atoms with Crippen LogP contribution in [0.5, 0.6) is 17.2 Å². The molecule has 0 bridgehead atoms. The Morgan fingerprint density at radius 1 is 1.04 bits per heavy atom. The molecule has 5 nitrogen and oxygen atoms in total. The number of rotatable bonds is 7. The summed E-state index contributed by atoms with van der Waals surface area (Å²) in [6, 6.07) is 10.4. The number of methoxy groups -OCH3 is 2. The Hall–Kier alpha value is -2.11. The molecule has 0 saturated carbocycles. The van der Waals surface area contributed by atoms with E-state index in [0.717, 1.165) is 5.56 Å². The molecule has 0 spiro atoms. The lowest BCUT2D eigenvalue weighted by atomic mass is 10.2. The van der Waals surface area contributed by atoms with Gasteiger partial charge in [0.25, 0.3) is 5.91 Å². The molecule has 0 atom stereocenters. The molecule has 1 N–H and O–H groups in total. The first kappa shape index (κ1) is 18.2. The first-order valence-corrected chi connectivity index (χ1v) is 7.85. The number of amides is 1. The maximum atomic E-state index is 11.9. The molecule has 0 aliphatic heterocycles. The van der Waals surface area contributed by atoms with E-state index in [9.17, 15) is 4.79 Å². The fourth-order valence-corrected chi connectivity index (χ4v) is 2.33. The molecule has 0 aliphatic rings. The lowest BCUT2D eigenvalue weighted by Gasteiger charge is -2.11. The number of carbonyl (C=O) groups excluding carboxylic acids is 1. The minimum absolute atomic E-state index is 0.159. The van der Waals surface area contributed by atoms with Crippen LogP contribution in [0, 0.1) is 0 Å². The Balaban J connectivity index is 1.88. The highest BCUT2D eigenvalue weighted by Crippen LogP contribution is 2.31. The largest absolute Gasteiger partial charge is 0.493 e. The highest BCUT2D eigenvalue weighted by atomic mass is 35.5. The quantitative estimate of drug-likeness (QED) is 0.808. The average Bonchev–Trinajstić information content (AvgIpc) is 2.60. The number of nitrogens with one attached hydrogen (secondary N) is 1. The topological polar surface area (TPSA) is 56.8 Å². The summed E-state index contributed by atoms with van der Waals surface area (Å²) < 4.78 is 15.8. The summed E-state index contributed by atoms with van der Waals surface area (Å²) in [7, 11) is 3.13. The summed E-state index contributed by atoms with van der Waals surface area (Å²) in [6.07, 6.45) is 0. The summed E-state index contributed by atoms with van der Waals surface area (Å²) in [5, 5.41) is 3.41. The van der Waals surface area contributed by atoms with Crippen molar-refractivity contribution in [1.29, 1.82) is 0 Å². The zero-order chi connectivity index (χ0) is 17.5. The van der Waals surface area contributed by atoms with Gasteiger partial charge in [-0.2, -0.15) is 0 Å². The Morgan fingerprint density at radius 2 is 1.79 bits per heavy atom. The normalized spacial score (nSPS) is 10.2. The SMILES string of the molecule is COc1ccc(CNC(=O)COc2cccc(Cl)c2Cl)cc1OC. The van der Waals surface area contributed by atoms with Gasteiger partial charge < -0.3 is 19.5 Å². The van der Waals surface area contributed by atoms with Gasteiger partial charge in [0.15, 0.2) is 18.1 Å². The van der Waals surface area contributed by atoms with Crippen LogP contribution in [-0.4, -0.2) is 26.7 Å². The summed E-state index contributed by atoms with van der Waals surface area (Å²) in [5.74, 6) is 1.32. The van der Waals surface area contributed by atoms with Crippen LogP contribution in [0.4, 0.5) is 0 Å². The molecule has 0 fully saturated rings. The van der Waals surface area contributed by atoms with Crippen LogP contribution in [0.15, 0.2) is 36.4 Å². The van der Waals surface area contributed by atoms with E-state index in [0.29, 0.717) is 28.8 Å². The first-order chi connectivity index (χ1) is 11.5. The smallest absolute Gasteiger partial charge is 0.258 e. The summed E-state index contributed by atoms with van der Waals surface area (Å²) in [5.41, 5.74) is 0.877. The van der Waals surface area contributed by atoms with Crippen molar-refractivity contribution in [2.75, 3.05) is 20.8 Å². The van der Waals surface area contributed by atoms with E-state index in [1.54, 1.807) is 44.6 Å². The van der Waals surface area contributed by atoms with Crippen LogP contribution in [0.2, 0.25) is 10.0 Å². The van der Waals surface area contributed by atoms with E-state index in [-0.39, 0.29) is 17.5 Å². The lowest BCUT2D eigenvalue weighted by molar-refractivity contribution is -0.123. The monoisotopic (exact) mass is 369 g/mol. The van der Waals surface area contributed by atoms with Gasteiger partial charge in [0.2, 0.25) is 0 Å². The molecule has 0 aliphatic carbocycles. The zero-order valence-corrected chi connectivity index (χ0v) is 14.8. The van der Waals surface area contributed by atoms with Crippen molar-refractivity contribution in [3.05, 3.63) is 52.0 Å². The third kappa shape index (κ3) is 4.69. The maximum Gasteiger partial charge on any atom is 0.258 e. The predicted octanol–water partition coefficient (Wildman–Crippen LogP) is 3.71. The second kappa shape index (κ2) is 8.66. The summed E-state index contributed by atoms with van der Waals surface area (Å²) >= 11 is 11.9. The van der Waals surface area contributed by atoms with Crippen LogP contribution in [0.25, 0.3) is 0 Å². The minimum Gasteiger partial charge on any atom is -0.493 e. The number of carbonyl (C=O) groups is 1. The number of halogens is 2. The highest BCUT2D eigenvalue weighted by Gasteiger charge is 2.09. The Bertz CT molecular complexity index is 722. The third-order valence-corrected chi connectivity index (χ3v) is 4.01. The average molecular weight is 370 g/mol. The molecular weight excluding hydrogens is 353 g/mol. The third-order valence-electron chi connectivity index (χ3n) is 3.21. The van der Waals surface area contributed by atoms with Crippen LogP contribution >= 0.6 is 23.2 Å². The van der Waals surface area contributed by atoms with Crippen molar-refractivity contribution >= 4 is 29.1 Å². The van der Waals surface area contributed by atoms with Gasteiger partial charge in [-0.3, -0.25) is 4.79 Å². The van der Waals surface area contributed by atoms with Crippen LogP contribution in [0.3, 0.4) is 0 Å². The van der Waals surface area contributed by atoms with Gasteiger partial charge in [-0.1, -0.05) is 35.3 Å². The summed E-state index contributed by atoms with van der Waals surface area (Å²) in [4.78, 5) is 11.9. The molecule has 2 aromatic carbocycles. The predicted molar refractivity (Wildman–Crippen MR) is 93.3 cm³/mol. The van der Waals surface area contributed by atoms with Gasteiger partial charge in [-0.05, 0) is 29.8 Å². The van der Waals surface area contributed by atoms with Crippen LogP contribution < -0.4 is 19.5 Å². The minimum atomic E-state index is -0.277. The van der Waals surface area contributed by atoms with Crippen molar-refractivity contribution < 1.29 is 19.0 Å². The maximum absolute atomic E-state index is 11.9. The molecule has 0 saturated heterocycles. The van der Waals surface area contributed by atoms with E-state index in [2.05, 4.69) is 5.32 Å². The van der Waals surface area contributed by atoms with E-state index >= 15 is 0 Å².